The van der Waals surface area contributed by atoms with Crippen LogP contribution in [0.15, 0.2) is 82.2 Å². The first-order valence-corrected chi connectivity index (χ1v) is 12.1. The minimum absolute atomic E-state index is 0.0956. The van der Waals surface area contributed by atoms with Crippen LogP contribution in [0.25, 0.3) is 6.08 Å². The highest BCUT2D eigenvalue weighted by molar-refractivity contribution is 14.1. The number of nitrogens with zero attached hydrogens (tertiary/aromatic N) is 1. The van der Waals surface area contributed by atoms with Gasteiger partial charge in [-0.2, -0.15) is 0 Å². The molecule has 0 spiro atoms. The molecule has 1 heterocycles. The van der Waals surface area contributed by atoms with Crippen molar-refractivity contribution in [1.29, 1.82) is 0 Å². The molecule has 3 nitrogen and oxygen atoms in total. The van der Waals surface area contributed by atoms with Gasteiger partial charge < -0.3 is 4.74 Å². The van der Waals surface area contributed by atoms with E-state index in [2.05, 4.69) is 38.5 Å². The first kappa shape index (κ1) is 21.5. The van der Waals surface area contributed by atoms with E-state index in [1.165, 1.54) is 11.8 Å². The third-order valence-electron chi connectivity index (χ3n) is 4.37. The molecule has 30 heavy (non-hydrogen) atoms. The summed E-state index contributed by atoms with van der Waals surface area (Å²) in [6, 6.07) is 23.4. The Morgan fingerprint density at radius 1 is 1.07 bits per heavy atom. The lowest BCUT2D eigenvalue weighted by Crippen LogP contribution is -2.27. The first-order valence-electron chi connectivity index (χ1n) is 9.01. The zero-order valence-electron chi connectivity index (χ0n) is 15.5. The maximum Gasteiger partial charge on any atom is 0.270 e. The number of carbonyl (C=O) groups excluding carboxylic acids is 1. The van der Waals surface area contributed by atoms with Gasteiger partial charge in [0.1, 0.15) is 12.4 Å². The van der Waals surface area contributed by atoms with Crippen molar-refractivity contribution >= 4 is 84.5 Å². The molecule has 0 atom stereocenters. The van der Waals surface area contributed by atoms with Crippen molar-refractivity contribution in [3.63, 3.8) is 0 Å². The molecule has 3 aromatic rings. The van der Waals surface area contributed by atoms with Crippen LogP contribution in [0.1, 0.15) is 11.1 Å². The second kappa shape index (κ2) is 9.64. The van der Waals surface area contributed by atoms with Crippen LogP contribution in [0, 0.1) is 3.57 Å². The topological polar surface area (TPSA) is 29.5 Å². The number of halogens is 2. The number of hydrogen-bond acceptors (Lipinski definition) is 4. The van der Waals surface area contributed by atoms with Gasteiger partial charge in [0.25, 0.3) is 5.91 Å². The molecule has 1 fully saturated rings. The zero-order chi connectivity index (χ0) is 21.1. The molecule has 7 heteroatoms. The number of benzene rings is 3. The van der Waals surface area contributed by atoms with Crippen LogP contribution in [0.2, 0.25) is 0 Å². The Hall–Kier alpha value is -1.68. The van der Waals surface area contributed by atoms with E-state index in [9.17, 15) is 4.79 Å². The van der Waals surface area contributed by atoms with Gasteiger partial charge in [-0.1, -0.05) is 76.3 Å². The number of para-hydroxylation sites is 1. The second-order valence-electron chi connectivity index (χ2n) is 6.46. The third kappa shape index (κ3) is 4.96. The zero-order valence-corrected chi connectivity index (χ0v) is 20.9. The highest BCUT2D eigenvalue weighted by atomic mass is 127. The third-order valence-corrected chi connectivity index (χ3v) is 7.04. The van der Waals surface area contributed by atoms with E-state index in [1.807, 2.05) is 78.9 Å². The SMILES string of the molecule is O=C1/C(=C\c2ccc(OCc3ccc(Br)cc3)c(I)c2)SC(=S)N1c1ccccc1. The number of thiocarbonyl (C=S) groups is 1. The summed E-state index contributed by atoms with van der Waals surface area (Å²) in [6.45, 7) is 0.498. The summed E-state index contributed by atoms with van der Waals surface area (Å²) < 4.78 is 8.53. The number of hydrogen-bond donors (Lipinski definition) is 0. The highest BCUT2D eigenvalue weighted by Gasteiger charge is 2.33. The maximum absolute atomic E-state index is 12.9. The van der Waals surface area contributed by atoms with Crippen molar-refractivity contribution in [2.24, 2.45) is 0 Å². The summed E-state index contributed by atoms with van der Waals surface area (Å²) in [4.78, 5) is 15.1. The van der Waals surface area contributed by atoms with Gasteiger partial charge in [0.2, 0.25) is 0 Å². The van der Waals surface area contributed by atoms with Crippen molar-refractivity contribution in [2.45, 2.75) is 6.61 Å². The molecule has 0 bridgehead atoms. The summed E-state index contributed by atoms with van der Waals surface area (Å²) in [5.41, 5.74) is 2.82. The Morgan fingerprint density at radius 2 is 1.80 bits per heavy atom. The Morgan fingerprint density at radius 3 is 2.50 bits per heavy atom. The van der Waals surface area contributed by atoms with Crippen molar-refractivity contribution in [3.05, 3.63) is 96.9 Å². The minimum atomic E-state index is -0.0956. The van der Waals surface area contributed by atoms with E-state index in [4.69, 9.17) is 17.0 Å². The number of anilines is 1. The van der Waals surface area contributed by atoms with E-state index in [1.54, 1.807) is 4.90 Å². The van der Waals surface area contributed by atoms with Gasteiger partial charge >= 0.3 is 0 Å². The minimum Gasteiger partial charge on any atom is -0.488 e. The molecule has 1 amide bonds. The van der Waals surface area contributed by atoms with Gasteiger partial charge in [0.15, 0.2) is 4.32 Å². The van der Waals surface area contributed by atoms with Gasteiger partial charge in [-0.05, 0) is 76.2 Å². The van der Waals surface area contributed by atoms with Gasteiger partial charge in [-0.15, -0.1) is 0 Å². The lowest BCUT2D eigenvalue weighted by Gasteiger charge is -2.13. The lowest BCUT2D eigenvalue weighted by atomic mass is 10.2. The number of ether oxygens (including phenoxy) is 1. The van der Waals surface area contributed by atoms with Crippen molar-refractivity contribution in [2.75, 3.05) is 4.90 Å². The van der Waals surface area contributed by atoms with Crippen molar-refractivity contribution < 1.29 is 9.53 Å². The van der Waals surface area contributed by atoms with Gasteiger partial charge in [-0.25, -0.2) is 0 Å². The number of amides is 1. The molecule has 0 radical (unpaired) electrons. The highest BCUT2D eigenvalue weighted by Crippen LogP contribution is 2.36. The molecule has 0 aliphatic carbocycles. The predicted molar refractivity (Wildman–Crippen MR) is 140 cm³/mol. The molecule has 1 aliphatic heterocycles. The average molecular weight is 608 g/mol. The molecular weight excluding hydrogens is 593 g/mol. The molecule has 1 aliphatic rings. The van der Waals surface area contributed by atoms with Crippen molar-refractivity contribution in [1.82, 2.24) is 0 Å². The van der Waals surface area contributed by atoms with Gasteiger partial charge in [-0.3, -0.25) is 9.69 Å². The molecule has 150 valence electrons. The normalized spacial score (nSPS) is 15.1. The Balaban J connectivity index is 1.49. The number of carbonyl (C=O) groups is 1. The molecular formula is C23H15BrINO2S2. The standard InChI is InChI=1S/C23H15BrINO2S2/c24-17-9-6-15(7-10-17)14-28-20-11-8-16(12-19(20)25)13-21-22(27)26(23(29)30-21)18-4-2-1-3-5-18/h1-13H,14H2/b21-13+. The van der Waals surface area contributed by atoms with Crippen LogP contribution in [-0.4, -0.2) is 10.2 Å². The Kier molecular flexibility index (Phi) is 6.92. The summed E-state index contributed by atoms with van der Waals surface area (Å²) in [6.07, 6.45) is 1.88. The summed E-state index contributed by atoms with van der Waals surface area (Å²) >= 11 is 12.4. The average Bonchev–Trinajstić information content (AvgIpc) is 3.02. The van der Waals surface area contributed by atoms with E-state index in [0.717, 1.165) is 30.6 Å². The Labute approximate surface area is 206 Å². The van der Waals surface area contributed by atoms with E-state index < -0.39 is 0 Å². The summed E-state index contributed by atoms with van der Waals surface area (Å²) in [5.74, 6) is 0.717. The van der Waals surface area contributed by atoms with Crippen LogP contribution in [0.4, 0.5) is 5.69 Å². The molecule has 0 aromatic heterocycles. The monoisotopic (exact) mass is 607 g/mol. The molecule has 1 saturated heterocycles. The van der Waals surface area contributed by atoms with Crippen molar-refractivity contribution in [3.8, 4) is 5.75 Å². The summed E-state index contributed by atoms with van der Waals surface area (Å²) in [5, 5.41) is 0. The number of rotatable bonds is 5. The molecule has 0 N–H and O–H groups in total. The quantitative estimate of drug-likeness (QED) is 0.177. The van der Waals surface area contributed by atoms with Crippen LogP contribution in [0.3, 0.4) is 0 Å². The fourth-order valence-electron chi connectivity index (χ4n) is 2.88. The molecule has 0 unspecified atom stereocenters. The van der Waals surface area contributed by atoms with Crippen LogP contribution >= 0.6 is 62.5 Å². The fourth-order valence-corrected chi connectivity index (χ4v) is 5.14. The smallest absolute Gasteiger partial charge is 0.270 e. The predicted octanol–water partition coefficient (Wildman–Crippen LogP) is 7.04. The molecule has 4 rings (SSSR count). The second-order valence-corrected chi connectivity index (χ2v) is 10.2. The van der Waals surface area contributed by atoms with Crippen LogP contribution in [0.5, 0.6) is 5.75 Å². The molecule has 3 aromatic carbocycles. The fraction of sp³-hybridized carbons (Fsp3) is 0.0435. The van der Waals surface area contributed by atoms with Crippen LogP contribution in [-0.2, 0) is 11.4 Å². The van der Waals surface area contributed by atoms with E-state index in [-0.39, 0.29) is 5.91 Å². The largest absolute Gasteiger partial charge is 0.488 e. The Bertz CT molecular complexity index is 1130. The van der Waals surface area contributed by atoms with Crippen LogP contribution < -0.4 is 9.64 Å². The maximum atomic E-state index is 12.9. The van der Waals surface area contributed by atoms with Gasteiger partial charge in [0, 0.05) is 4.47 Å². The number of thioether (sulfide) groups is 1. The lowest BCUT2D eigenvalue weighted by molar-refractivity contribution is -0.113. The summed E-state index contributed by atoms with van der Waals surface area (Å²) in [7, 11) is 0. The van der Waals surface area contributed by atoms with Gasteiger partial charge in [0.05, 0.1) is 14.2 Å². The van der Waals surface area contributed by atoms with E-state index in [0.29, 0.717) is 15.8 Å². The van der Waals surface area contributed by atoms with E-state index >= 15 is 0 Å². The molecule has 0 saturated carbocycles. The first-order chi connectivity index (χ1) is 14.5.